The second kappa shape index (κ2) is 6.70. The minimum absolute atomic E-state index is 0.00770. The molecule has 0 amide bonds. The van der Waals surface area contributed by atoms with Gasteiger partial charge in [0, 0.05) is 20.2 Å². The highest BCUT2D eigenvalue weighted by atomic mass is 19.2. The Morgan fingerprint density at radius 1 is 0.789 bits per heavy atom. The molecule has 7 heteroatoms. The van der Waals surface area contributed by atoms with Crippen LogP contribution in [0.2, 0.25) is 0 Å². The maximum atomic E-state index is 13.4. The minimum atomic E-state index is -2.16. The highest BCUT2D eigenvalue weighted by Gasteiger charge is 2.27. The normalized spacial score (nSPS) is 10.9. The van der Waals surface area contributed by atoms with Gasteiger partial charge in [0.2, 0.25) is 5.82 Å². The van der Waals surface area contributed by atoms with Gasteiger partial charge in [-0.1, -0.05) is 0 Å². The summed E-state index contributed by atoms with van der Waals surface area (Å²) >= 11 is 0. The van der Waals surface area contributed by atoms with Crippen molar-refractivity contribution < 1.29 is 27.1 Å². The zero-order chi connectivity index (χ0) is 14.6. The summed E-state index contributed by atoms with van der Waals surface area (Å²) in [5, 5.41) is 8.57. The van der Waals surface area contributed by atoms with Crippen molar-refractivity contribution in [2.24, 2.45) is 0 Å². The molecule has 0 saturated heterocycles. The highest BCUT2D eigenvalue weighted by Crippen LogP contribution is 2.29. The Hall–Kier alpha value is -1.37. The lowest BCUT2D eigenvalue weighted by Crippen LogP contribution is -2.23. The van der Waals surface area contributed by atoms with Crippen LogP contribution in [0.4, 0.5) is 27.6 Å². The topological polar surface area (TPSA) is 23.5 Å². The van der Waals surface area contributed by atoms with E-state index in [1.165, 1.54) is 7.05 Å². The van der Waals surface area contributed by atoms with Crippen LogP contribution in [0.3, 0.4) is 0 Å². The largest absolute Gasteiger partial charge is 0.396 e. The maximum Gasteiger partial charge on any atom is 0.200 e. The Kier molecular flexibility index (Phi) is 5.53. The molecular weight excluding hydrogens is 269 g/mol. The molecule has 0 spiro atoms. The molecule has 0 fully saturated rings. The number of anilines is 1. The first kappa shape index (κ1) is 15.7. The molecule has 108 valence electrons. The van der Waals surface area contributed by atoms with E-state index in [0.29, 0.717) is 19.3 Å². The van der Waals surface area contributed by atoms with Crippen molar-refractivity contribution in [3.05, 3.63) is 29.1 Å². The number of unbranched alkanes of at least 4 members (excludes halogenated alkanes) is 2. The maximum absolute atomic E-state index is 13.4. The van der Waals surface area contributed by atoms with Gasteiger partial charge in [-0.05, 0) is 19.3 Å². The Morgan fingerprint density at radius 2 is 1.26 bits per heavy atom. The molecule has 19 heavy (non-hydrogen) atoms. The molecule has 2 nitrogen and oxygen atoms in total. The molecule has 0 bridgehead atoms. The van der Waals surface area contributed by atoms with Gasteiger partial charge in [-0.25, -0.2) is 22.0 Å². The Balaban J connectivity index is 2.94. The van der Waals surface area contributed by atoms with Gasteiger partial charge in [-0.3, -0.25) is 0 Å². The van der Waals surface area contributed by atoms with Crippen LogP contribution in [0.15, 0.2) is 0 Å². The molecule has 0 aliphatic rings. The van der Waals surface area contributed by atoms with Crippen molar-refractivity contribution in [1.29, 1.82) is 0 Å². The number of halogens is 5. The third kappa shape index (κ3) is 3.34. The van der Waals surface area contributed by atoms with Crippen LogP contribution in [-0.4, -0.2) is 25.3 Å². The minimum Gasteiger partial charge on any atom is -0.396 e. The van der Waals surface area contributed by atoms with E-state index in [0.717, 1.165) is 4.90 Å². The standard InChI is InChI=1S/C12H14F5NO/c1-18(5-3-2-4-6-19)12-10(16)8(14)7(13)9(15)11(12)17/h19H,2-6H2,1H3. The third-order valence-electron chi connectivity index (χ3n) is 2.72. The summed E-state index contributed by atoms with van der Waals surface area (Å²) in [4.78, 5) is 0.980. The van der Waals surface area contributed by atoms with Crippen LogP contribution in [-0.2, 0) is 0 Å². The first-order valence-electron chi connectivity index (χ1n) is 5.75. The smallest absolute Gasteiger partial charge is 0.200 e. The van der Waals surface area contributed by atoms with Crippen molar-refractivity contribution in [3.63, 3.8) is 0 Å². The van der Waals surface area contributed by atoms with Gasteiger partial charge in [0.1, 0.15) is 5.69 Å². The van der Waals surface area contributed by atoms with Crippen LogP contribution in [0.25, 0.3) is 0 Å². The lowest BCUT2D eigenvalue weighted by Gasteiger charge is -2.21. The Morgan fingerprint density at radius 3 is 1.74 bits per heavy atom. The molecule has 1 aromatic rings. The molecule has 0 aliphatic heterocycles. The number of hydrogen-bond donors (Lipinski definition) is 1. The van der Waals surface area contributed by atoms with Gasteiger partial charge in [0.15, 0.2) is 23.3 Å². The molecular formula is C12H14F5NO. The summed E-state index contributed by atoms with van der Waals surface area (Å²) in [5.74, 6) is -9.72. The summed E-state index contributed by atoms with van der Waals surface area (Å²) in [5.41, 5.74) is -0.930. The number of aliphatic hydroxyl groups is 1. The third-order valence-corrected chi connectivity index (χ3v) is 2.72. The lowest BCUT2D eigenvalue weighted by atomic mass is 10.2. The average Bonchev–Trinajstić information content (AvgIpc) is 2.39. The Bertz CT molecular complexity index is 423. The molecule has 1 rings (SSSR count). The van der Waals surface area contributed by atoms with Crippen molar-refractivity contribution >= 4 is 5.69 Å². The van der Waals surface area contributed by atoms with E-state index in [-0.39, 0.29) is 13.2 Å². The van der Waals surface area contributed by atoms with Gasteiger partial charge in [0.25, 0.3) is 0 Å². The lowest BCUT2D eigenvalue weighted by molar-refractivity contribution is 0.283. The summed E-state index contributed by atoms with van der Waals surface area (Å²) in [6.07, 6.45) is 1.58. The van der Waals surface area contributed by atoms with E-state index < -0.39 is 34.8 Å². The summed E-state index contributed by atoms with van der Waals surface area (Å²) in [6, 6.07) is 0. The first-order chi connectivity index (χ1) is 8.91. The SMILES string of the molecule is CN(CCCCCO)c1c(F)c(F)c(F)c(F)c1F. The fourth-order valence-electron chi connectivity index (χ4n) is 1.68. The second-order valence-electron chi connectivity index (χ2n) is 4.12. The van der Waals surface area contributed by atoms with E-state index in [1.807, 2.05) is 0 Å². The predicted molar refractivity (Wildman–Crippen MR) is 60.4 cm³/mol. The molecule has 0 heterocycles. The summed E-state index contributed by atoms with van der Waals surface area (Å²) < 4.78 is 65.7. The fraction of sp³-hybridized carbons (Fsp3) is 0.500. The highest BCUT2D eigenvalue weighted by molar-refractivity contribution is 5.49. The average molecular weight is 283 g/mol. The van der Waals surface area contributed by atoms with Crippen molar-refractivity contribution in [1.82, 2.24) is 0 Å². The predicted octanol–water partition coefficient (Wildman–Crippen LogP) is 2.98. The quantitative estimate of drug-likeness (QED) is 0.375. The molecule has 0 unspecified atom stereocenters. The molecule has 1 aromatic carbocycles. The van der Waals surface area contributed by atoms with Gasteiger partial charge < -0.3 is 10.0 Å². The molecule has 0 atom stereocenters. The molecule has 0 aromatic heterocycles. The van der Waals surface area contributed by atoms with Crippen molar-refractivity contribution in [2.75, 3.05) is 25.1 Å². The summed E-state index contributed by atoms with van der Waals surface area (Å²) in [6.45, 7) is 0.116. The number of nitrogens with zero attached hydrogens (tertiary/aromatic N) is 1. The van der Waals surface area contributed by atoms with Crippen LogP contribution < -0.4 is 4.90 Å². The molecule has 1 N–H and O–H groups in total. The van der Waals surface area contributed by atoms with Crippen molar-refractivity contribution in [3.8, 4) is 0 Å². The number of benzene rings is 1. The van der Waals surface area contributed by atoms with E-state index in [1.54, 1.807) is 0 Å². The number of hydrogen-bond acceptors (Lipinski definition) is 2. The Labute approximate surface area is 107 Å². The fourth-order valence-corrected chi connectivity index (χ4v) is 1.68. The van der Waals surface area contributed by atoms with Crippen LogP contribution >= 0.6 is 0 Å². The zero-order valence-electron chi connectivity index (χ0n) is 10.3. The van der Waals surface area contributed by atoms with Crippen LogP contribution in [0.5, 0.6) is 0 Å². The molecule has 0 aliphatic carbocycles. The number of rotatable bonds is 6. The van der Waals surface area contributed by atoms with Crippen LogP contribution in [0.1, 0.15) is 19.3 Å². The molecule has 0 saturated carbocycles. The van der Waals surface area contributed by atoms with E-state index >= 15 is 0 Å². The van der Waals surface area contributed by atoms with E-state index in [4.69, 9.17) is 5.11 Å². The van der Waals surface area contributed by atoms with Gasteiger partial charge in [-0.2, -0.15) is 0 Å². The van der Waals surface area contributed by atoms with Gasteiger partial charge in [-0.15, -0.1) is 0 Å². The van der Waals surface area contributed by atoms with Crippen molar-refractivity contribution in [2.45, 2.75) is 19.3 Å². The van der Waals surface area contributed by atoms with Gasteiger partial charge >= 0.3 is 0 Å². The second-order valence-corrected chi connectivity index (χ2v) is 4.12. The summed E-state index contributed by atoms with van der Waals surface area (Å²) in [7, 11) is 1.25. The van der Waals surface area contributed by atoms with Gasteiger partial charge in [0.05, 0.1) is 0 Å². The zero-order valence-corrected chi connectivity index (χ0v) is 10.3. The molecule has 0 radical (unpaired) electrons. The van der Waals surface area contributed by atoms with E-state index in [2.05, 4.69) is 0 Å². The monoisotopic (exact) mass is 283 g/mol. The van der Waals surface area contributed by atoms with E-state index in [9.17, 15) is 22.0 Å². The van der Waals surface area contributed by atoms with Crippen LogP contribution in [0, 0.1) is 29.1 Å². The first-order valence-corrected chi connectivity index (χ1v) is 5.75. The number of aliphatic hydroxyl groups excluding tert-OH is 1.